The molecule has 5 rings (SSSR count). The van der Waals surface area contributed by atoms with Gasteiger partial charge in [0.05, 0.1) is 24.9 Å². The number of ether oxygens (including phenoxy) is 1. The van der Waals surface area contributed by atoms with Crippen molar-refractivity contribution in [3.05, 3.63) is 60.2 Å². The predicted octanol–water partition coefficient (Wildman–Crippen LogP) is 4.67. The highest BCUT2D eigenvalue weighted by atomic mass is 16.5. The third-order valence-electron chi connectivity index (χ3n) is 5.89. The summed E-state index contributed by atoms with van der Waals surface area (Å²) in [4.78, 5) is 12.5. The SMILES string of the molecule is OC(COCc1ccccc1)c1nc2cnc3[nH]ccc3c2n1C1CCCCC1. The smallest absolute Gasteiger partial charge is 0.141 e. The summed E-state index contributed by atoms with van der Waals surface area (Å²) in [5.41, 5.74) is 3.86. The van der Waals surface area contributed by atoms with Gasteiger partial charge in [0.15, 0.2) is 0 Å². The highest BCUT2D eigenvalue weighted by Crippen LogP contribution is 2.36. The molecule has 0 amide bonds. The van der Waals surface area contributed by atoms with Crippen LogP contribution in [0.1, 0.15) is 55.6 Å². The summed E-state index contributed by atoms with van der Waals surface area (Å²) in [6, 6.07) is 12.4. The van der Waals surface area contributed by atoms with Crippen molar-refractivity contribution in [1.29, 1.82) is 0 Å². The van der Waals surface area contributed by atoms with Crippen LogP contribution in [0.3, 0.4) is 0 Å². The van der Waals surface area contributed by atoms with Crippen molar-refractivity contribution in [2.75, 3.05) is 6.61 Å². The molecule has 1 unspecified atom stereocenters. The summed E-state index contributed by atoms with van der Waals surface area (Å²) < 4.78 is 8.09. The zero-order valence-electron chi connectivity index (χ0n) is 16.4. The molecule has 1 saturated carbocycles. The Kier molecular flexibility index (Phi) is 5.04. The van der Waals surface area contributed by atoms with Crippen molar-refractivity contribution < 1.29 is 9.84 Å². The number of aromatic amines is 1. The van der Waals surface area contributed by atoms with Gasteiger partial charge in [-0.25, -0.2) is 9.97 Å². The molecule has 0 spiro atoms. The summed E-state index contributed by atoms with van der Waals surface area (Å²) in [6.45, 7) is 0.694. The standard InChI is InChI=1S/C23H26N4O2/c28-20(15-29-14-16-7-3-1-4-8-16)23-26-19-13-25-22-18(11-12-24-22)21(19)27(23)17-9-5-2-6-10-17/h1,3-4,7-8,11-13,17,20,28H,2,5-6,9-10,14-15H2,(H,24,25). The number of aliphatic hydroxyl groups is 1. The molecule has 1 aromatic carbocycles. The van der Waals surface area contributed by atoms with Gasteiger partial charge in [0, 0.05) is 17.6 Å². The molecule has 1 aliphatic rings. The lowest BCUT2D eigenvalue weighted by Gasteiger charge is -2.27. The molecule has 2 N–H and O–H groups in total. The lowest BCUT2D eigenvalue weighted by Crippen LogP contribution is -2.20. The number of fused-ring (bicyclic) bond motifs is 3. The Bertz CT molecular complexity index is 1100. The largest absolute Gasteiger partial charge is 0.383 e. The molecule has 6 nitrogen and oxygen atoms in total. The number of nitrogens with zero attached hydrogens (tertiary/aromatic N) is 3. The van der Waals surface area contributed by atoms with Crippen LogP contribution in [0.4, 0.5) is 0 Å². The van der Waals surface area contributed by atoms with Crippen molar-refractivity contribution in [3.8, 4) is 0 Å². The van der Waals surface area contributed by atoms with Crippen molar-refractivity contribution in [1.82, 2.24) is 19.5 Å². The van der Waals surface area contributed by atoms with Crippen LogP contribution in [-0.2, 0) is 11.3 Å². The fourth-order valence-corrected chi connectivity index (χ4v) is 4.49. The van der Waals surface area contributed by atoms with Gasteiger partial charge in [-0.3, -0.25) is 0 Å². The number of benzene rings is 1. The lowest BCUT2D eigenvalue weighted by molar-refractivity contribution is 0.0210. The highest BCUT2D eigenvalue weighted by Gasteiger charge is 2.26. The second kappa shape index (κ2) is 7.97. The molecule has 0 aliphatic heterocycles. The van der Waals surface area contributed by atoms with E-state index >= 15 is 0 Å². The first-order valence-electron chi connectivity index (χ1n) is 10.4. The minimum Gasteiger partial charge on any atom is -0.383 e. The monoisotopic (exact) mass is 390 g/mol. The van der Waals surface area contributed by atoms with E-state index in [-0.39, 0.29) is 6.61 Å². The topological polar surface area (TPSA) is 76.0 Å². The summed E-state index contributed by atoms with van der Waals surface area (Å²) in [5.74, 6) is 0.690. The van der Waals surface area contributed by atoms with Crippen LogP contribution in [0.2, 0.25) is 0 Å². The van der Waals surface area contributed by atoms with Crippen molar-refractivity contribution in [2.24, 2.45) is 0 Å². The molecule has 0 radical (unpaired) electrons. The molecular weight excluding hydrogens is 364 g/mol. The van der Waals surface area contributed by atoms with Gasteiger partial charge in [0.2, 0.25) is 0 Å². The molecule has 150 valence electrons. The Balaban J connectivity index is 1.48. The molecule has 1 aliphatic carbocycles. The number of nitrogens with one attached hydrogen (secondary N) is 1. The Morgan fingerprint density at radius 3 is 2.79 bits per heavy atom. The molecule has 0 saturated heterocycles. The number of aliphatic hydroxyl groups excluding tert-OH is 1. The molecule has 6 heteroatoms. The van der Waals surface area contributed by atoms with E-state index in [1.165, 1.54) is 19.3 Å². The third-order valence-corrected chi connectivity index (χ3v) is 5.89. The first-order chi connectivity index (χ1) is 14.3. The van der Waals surface area contributed by atoms with Gasteiger partial charge >= 0.3 is 0 Å². The van der Waals surface area contributed by atoms with E-state index in [1.807, 2.05) is 42.6 Å². The van der Waals surface area contributed by atoms with Gasteiger partial charge in [0.1, 0.15) is 23.1 Å². The average Bonchev–Trinajstić information content (AvgIpc) is 3.39. The zero-order chi connectivity index (χ0) is 19.6. The third kappa shape index (κ3) is 3.54. The van der Waals surface area contributed by atoms with Gasteiger partial charge in [-0.1, -0.05) is 49.6 Å². The molecule has 3 heterocycles. The average molecular weight is 390 g/mol. The van der Waals surface area contributed by atoms with Crippen LogP contribution in [0, 0.1) is 0 Å². The van der Waals surface area contributed by atoms with Gasteiger partial charge in [0.25, 0.3) is 0 Å². The van der Waals surface area contributed by atoms with E-state index in [4.69, 9.17) is 9.72 Å². The van der Waals surface area contributed by atoms with E-state index in [2.05, 4.69) is 14.5 Å². The molecule has 29 heavy (non-hydrogen) atoms. The number of H-pyrrole nitrogens is 1. The minimum absolute atomic E-state index is 0.217. The second-order valence-electron chi connectivity index (χ2n) is 7.88. The number of aromatic nitrogens is 4. The maximum Gasteiger partial charge on any atom is 0.141 e. The maximum absolute atomic E-state index is 11.0. The highest BCUT2D eigenvalue weighted by molar-refractivity contribution is 6.01. The Morgan fingerprint density at radius 1 is 1.14 bits per heavy atom. The molecule has 3 aromatic heterocycles. The van der Waals surface area contributed by atoms with Crippen LogP contribution >= 0.6 is 0 Å². The molecular formula is C23H26N4O2. The normalized spacial score (nSPS) is 16.6. The quantitative estimate of drug-likeness (QED) is 0.502. The number of imidazole rings is 1. The van der Waals surface area contributed by atoms with Crippen molar-refractivity contribution in [2.45, 2.75) is 50.9 Å². The van der Waals surface area contributed by atoms with Gasteiger partial charge in [-0.15, -0.1) is 0 Å². The van der Waals surface area contributed by atoms with E-state index < -0.39 is 6.10 Å². The van der Waals surface area contributed by atoms with Crippen LogP contribution in [0.5, 0.6) is 0 Å². The van der Waals surface area contributed by atoms with Crippen LogP contribution in [0.15, 0.2) is 48.8 Å². The molecule has 0 bridgehead atoms. The predicted molar refractivity (Wildman–Crippen MR) is 113 cm³/mol. The van der Waals surface area contributed by atoms with Crippen LogP contribution in [-0.4, -0.2) is 31.2 Å². The van der Waals surface area contributed by atoms with Crippen molar-refractivity contribution >= 4 is 22.1 Å². The Labute approximate surface area is 169 Å². The first kappa shape index (κ1) is 18.3. The summed E-state index contributed by atoms with van der Waals surface area (Å²) in [5, 5.41) is 12.1. The number of hydrogen-bond donors (Lipinski definition) is 2. The van der Waals surface area contributed by atoms with Crippen LogP contribution in [0.25, 0.3) is 22.1 Å². The second-order valence-corrected chi connectivity index (χ2v) is 7.88. The first-order valence-corrected chi connectivity index (χ1v) is 10.4. The minimum atomic E-state index is -0.776. The molecule has 4 aromatic rings. The van der Waals surface area contributed by atoms with Gasteiger partial charge in [-0.2, -0.15) is 0 Å². The number of rotatable bonds is 6. The summed E-state index contributed by atoms with van der Waals surface area (Å²) >= 11 is 0. The van der Waals surface area contributed by atoms with E-state index in [0.717, 1.165) is 40.5 Å². The van der Waals surface area contributed by atoms with E-state index in [0.29, 0.717) is 18.5 Å². The number of hydrogen-bond acceptors (Lipinski definition) is 4. The summed E-state index contributed by atoms with van der Waals surface area (Å²) in [7, 11) is 0. The van der Waals surface area contributed by atoms with E-state index in [1.54, 1.807) is 6.20 Å². The zero-order valence-corrected chi connectivity index (χ0v) is 16.4. The van der Waals surface area contributed by atoms with E-state index in [9.17, 15) is 5.11 Å². The Morgan fingerprint density at radius 2 is 1.97 bits per heavy atom. The molecule has 1 atom stereocenters. The summed E-state index contributed by atoms with van der Waals surface area (Å²) in [6.07, 6.45) is 8.87. The lowest BCUT2D eigenvalue weighted by atomic mass is 9.95. The van der Waals surface area contributed by atoms with Crippen LogP contribution < -0.4 is 0 Å². The maximum atomic E-state index is 11.0. The fraction of sp³-hybridized carbons (Fsp3) is 0.391. The number of pyridine rings is 1. The molecule has 1 fully saturated rings. The van der Waals surface area contributed by atoms with Gasteiger partial charge < -0.3 is 19.4 Å². The van der Waals surface area contributed by atoms with Crippen molar-refractivity contribution in [3.63, 3.8) is 0 Å². The van der Waals surface area contributed by atoms with Gasteiger partial charge in [-0.05, 0) is 24.5 Å². The Hall–Kier alpha value is -2.70. The fourth-order valence-electron chi connectivity index (χ4n) is 4.49.